The molecule has 14 rings (SSSR count). The van der Waals surface area contributed by atoms with Gasteiger partial charge in [0.15, 0.2) is 0 Å². The van der Waals surface area contributed by atoms with Gasteiger partial charge in [-0.25, -0.2) is 39.1 Å². The van der Waals surface area contributed by atoms with Crippen molar-refractivity contribution in [3.05, 3.63) is 282 Å². The van der Waals surface area contributed by atoms with Gasteiger partial charge in [0.25, 0.3) is 0 Å². The fourth-order valence-electron chi connectivity index (χ4n) is 11.9. The number of ether oxygens (including phenoxy) is 6. The van der Waals surface area contributed by atoms with Gasteiger partial charge < -0.3 is 28.4 Å². The van der Waals surface area contributed by atoms with E-state index in [1.807, 2.05) is 24.3 Å². The second-order valence-electron chi connectivity index (χ2n) is 22.2. The summed E-state index contributed by atoms with van der Waals surface area (Å²) in [7, 11) is 0. The first-order valence-corrected chi connectivity index (χ1v) is 31.2. The van der Waals surface area contributed by atoms with Crippen LogP contribution in [0.15, 0.2) is 227 Å². The molecule has 22 heteroatoms. The maximum absolute atomic E-state index is 15.4. The minimum Gasteiger partial charge on any atom is -0.458 e. The van der Waals surface area contributed by atoms with Gasteiger partial charge in [0.05, 0.1) is 9.75 Å². The van der Waals surface area contributed by atoms with E-state index in [0.717, 1.165) is 22.7 Å². The summed E-state index contributed by atoms with van der Waals surface area (Å²) in [5.41, 5.74) is -4.33. The topological polar surface area (TPSA) is 303 Å². The van der Waals surface area contributed by atoms with Gasteiger partial charge in [0.1, 0.15) is 96.2 Å². The highest BCUT2D eigenvalue weighted by Gasteiger charge is 2.63. The fourth-order valence-corrected chi connectivity index (χ4v) is 13.9. The highest BCUT2D eigenvalue weighted by molar-refractivity contribution is 7.17. The average Bonchev–Trinajstić information content (AvgIpc) is 0.859. The molecule has 6 aliphatic rings. The van der Waals surface area contributed by atoms with Crippen LogP contribution in [0.4, 0.5) is 10.3 Å². The Morgan fingerprint density at radius 3 is 1.02 bits per heavy atom. The molecule has 2 atom stereocenters. The van der Waals surface area contributed by atoms with E-state index in [2.05, 4.69) is 0 Å². The van der Waals surface area contributed by atoms with Gasteiger partial charge in [0, 0.05) is 45.3 Å². The van der Waals surface area contributed by atoms with Crippen molar-refractivity contribution in [2.45, 2.75) is 37.6 Å². The summed E-state index contributed by atoms with van der Waals surface area (Å²) < 4.78 is 37.8. The molecular formula is C74H42N8O12S2. The molecule has 6 aromatic carbocycles. The molecular weight excluding hydrogens is 1260 g/mol. The summed E-state index contributed by atoms with van der Waals surface area (Å²) in [6, 6.07) is 55.0. The number of esters is 4. The van der Waals surface area contributed by atoms with Gasteiger partial charge in [-0.05, 0) is 45.5 Å². The SMILES string of the molecule is N#CC(C#N)=C1/C(=N/c2nc3c(s2)C2=CC4C=C5OC(C(=O)OCc6ccccc6)(C(=O)OCc6ccccc6)c6nc(/N=C7\C(=O)c8ccccc8C7=C(C#N)C#N)sc6C5=CC4C=C2OC3(C(=O)OCc2ccccc2)C(=O)OCc2ccccc2)C(=O)c2ccccc21. The Kier molecular flexibility index (Phi) is 15.8. The van der Waals surface area contributed by atoms with Crippen molar-refractivity contribution < 1.29 is 57.2 Å². The summed E-state index contributed by atoms with van der Waals surface area (Å²) in [5, 5.41) is 40.5. The van der Waals surface area contributed by atoms with Gasteiger partial charge >= 0.3 is 35.1 Å². The van der Waals surface area contributed by atoms with Crippen LogP contribution in [-0.2, 0) is 85.2 Å². The number of hydrogen-bond acceptors (Lipinski definition) is 22. The number of aliphatic imine (C=N–C) groups is 2. The molecule has 8 aromatic rings. The number of hydrogen-bond donors (Lipinski definition) is 0. The normalized spacial score (nSPS) is 17.7. The molecule has 20 nitrogen and oxygen atoms in total. The second kappa shape index (κ2) is 25.0. The van der Waals surface area contributed by atoms with Crippen LogP contribution in [0.3, 0.4) is 0 Å². The summed E-state index contributed by atoms with van der Waals surface area (Å²) in [6.45, 7) is -1.37. The van der Waals surface area contributed by atoms with Crippen molar-refractivity contribution in [2.75, 3.05) is 0 Å². The van der Waals surface area contributed by atoms with E-state index in [9.17, 15) is 30.6 Å². The Balaban J connectivity index is 0.953. The number of nitriles is 4. The number of rotatable bonds is 14. The van der Waals surface area contributed by atoms with Gasteiger partial charge in [-0.2, -0.15) is 21.0 Å². The fraction of sp³-hybridized carbons (Fsp3) is 0.108. The third-order valence-corrected chi connectivity index (χ3v) is 18.4. The molecule has 2 aliphatic heterocycles. The molecule has 2 aromatic heterocycles. The van der Waals surface area contributed by atoms with Crippen LogP contribution in [0.5, 0.6) is 0 Å². The minimum atomic E-state index is -2.85. The first kappa shape index (κ1) is 60.7. The van der Waals surface area contributed by atoms with Crippen LogP contribution in [0.2, 0.25) is 0 Å². The van der Waals surface area contributed by atoms with E-state index in [4.69, 9.17) is 48.4 Å². The van der Waals surface area contributed by atoms with Crippen LogP contribution in [-0.4, -0.2) is 56.8 Å². The Morgan fingerprint density at radius 2 is 0.719 bits per heavy atom. The van der Waals surface area contributed by atoms with Gasteiger partial charge in [-0.3, -0.25) is 9.59 Å². The lowest BCUT2D eigenvalue weighted by molar-refractivity contribution is -0.191. The Labute approximate surface area is 553 Å². The largest absolute Gasteiger partial charge is 0.458 e. The Bertz CT molecular complexity index is 4680. The van der Waals surface area contributed by atoms with Crippen molar-refractivity contribution in [3.8, 4) is 24.3 Å². The van der Waals surface area contributed by atoms with Crippen molar-refractivity contribution in [2.24, 2.45) is 21.8 Å². The van der Waals surface area contributed by atoms with Gasteiger partial charge in [0.2, 0.25) is 21.8 Å². The van der Waals surface area contributed by atoms with E-state index in [1.54, 1.807) is 182 Å². The summed E-state index contributed by atoms with van der Waals surface area (Å²) in [4.78, 5) is 110. The summed E-state index contributed by atoms with van der Waals surface area (Å²) in [6.07, 6.45) is 6.76. The lowest BCUT2D eigenvalue weighted by Gasteiger charge is -2.40. The van der Waals surface area contributed by atoms with Crippen LogP contribution < -0.4 is 0 Å². The number of fused-ring (bicyclic) bond motifs is 9. The Hall–Kier alpha value is -12.9. The minimum absolute atomic E-state index is 0.0455. The third-order valence-electron chi connectivity index (χ3n) is 16.4. The van der Waals surface area contributed by atoms with E-state index < -0.39 is 69.6 Å². The molecule has 4 aliphatic carbocycles. The van der Waals surface area contributed by atoms with Crippen molar-refractivity contribution >= 4 is 102 Å². The predicted octanol–water partition coefficient (Wildman–Crippen LogP) is 12.1. The zero-order valence-corrected chi connectivity index (χ0v) is 51.4. The maximum Gasteiger partial charge on any atom is 0.369 e. The molecule has 0 N–H and O–H groups in total. The number of aromatic nitrogens is 2. The number of nitrogens with zero attached hydrogens (tertiary/aromatic N) is 8. The predicted molar refractivity (Wildman–Crippen MR) is 346 cm³/mol. The lowest BCUT2D eigenvalue weighted by atomic mass is 9.76. The van der Waals surface area contributed by atoms with Crippen LogP contribution >= 0.6 is 22.7 Å². The molecule has 4 heterocycles. The smallest absolute Gasteiger partial charge is 0.369 e. The standard InChI is InChI=1S/C74H42N8O12S2/c75-33-47(34-76)57-49-25-13-15-27-51(49)61(83)59(57)79-71-81-65-63(95-71)53-29-46-32-56-54(30-45(46)31-55(53)93-73(65,67(85)89-37-41-17-5-1-6-18-41)68(86)90-38-42-19-7-2-8-20-42)64-66(82-72(96-64)80-60-58(48(35-77)36-78)50-26-14-16-28-52(50)62(60)84)74(94-56,69(87)91-39-43-21-9-3-10-22-43)70(88)92-40-44-23-11-4-12-24-44/h1-32,45-46H,37-40H2/b79-59-,80-60-. The number of thiazole rings is 2. The number of benzene rings is 6. The molecule has 0 radical (unpaired) electrons. The molecule has 0 amide bonds. The number of ketones is 2. The van der Waals surface area contributed by atoms with Crippen LogP contribution in [0.1, 0.15) is 75.2 Å². The average molecular weight is 1300 g/mol. The lowest BCUT2D eigenvalue weighted by Crippen LogP contribution is -2.51. The Morgan fingerprint density at radius 1 is 0.427 bits per heavy atom. The van der Waals surface area contributed by atoms with Crippen molar-refractivity contribution in [3.63, 3.8) is 0 Å². The quantitative estimate of drug-likeness (QED) is 0.0423. The highest BCUT2D eigenvalue weighted by atomic mass is 32.1. The van der Waals surface area contributed by atoms with Crippen LogP contribution in [0.25, 0.3) is 22.3 Å². The first-order chi connectivity index (χ1) is 46.8. The molecule has 0 saturated carbocycles. The zero-order chi connectivity index (χ0) is 66.2. The summed E-state index contributed by atoms with van der Waals surface area (Å²) in [5.74, 6) is -7.89. The van der Waals surface area contributed by atoms with Gasteiger partial charge in [-0.1, -0.05) is 205 Å². The van der Waals surface area contributed by atoms with E-state index in [1.165, 1.54) is 12.1 Å². The number of Topliss-reactive ketones (excluding diaryl/α,β-unsaturated/α-hetero) is 2. The molecule has 96 heavy (non-hydrogen) atoms. The number of carbonyl (C=O) groups excluding carboxylic acids is 6. The maximum atomic E-state index is 15.4. The molecule has 0 saturated heterocycles. The van der Waals surface area contributed by atoms with Crippen molar-refractivity contribution in [1.82, 2.24) is 9.97 Å². The molecule has 462 valence electrons. The molecule has 0 bridgehead atoms. The number of carbonyl (C=O) groups is 6. The van der Waals surface area contributed by atoms with E-state index in [-0.39, 0.29) is 125 Å². The molecule has 2 unspecified atom stereocenters. The summed E-state index contributed by atoms with van der Waals surface area (Å²) >= 11 is 1.70. The third kappa shape index (κ3) is 10.5. The van der Waals surface area contributed by atoms with Crippen molar-refractivity contribution in [1.29, 1.82) is 21.0 Å². The first-order valence-electron chi connectivity index (χ1n) is 29.5. The zero-order valence-electron chi connectivity index (χ0n) is 49.8. The monoisotopic (exact) mass is 1300 g/mol. The van der Waals surface area contributed by atoms with Gasteiger partial charge in [-0.15, -0.1) is 0 Å². The van der Waals surface area contributed by atoms with E-state index in [0.29, 0.717) is 22.3 Å². The number of allylic oxidation sites excluding steroid dienone is 10. The van der Waals surface area contributed by atoms with E-state index >= 15 is 19.2 Å². The second-order valence-corrected chi connectivity index (χ2v) is 24.1. The van der Waals surface area contributed by atoms with Crippen LogP contribution in [0, 0.1) is 57.2 Å². The molecule has 0 fully saturated rings. The molecule has 0 spiro atoms. The highest BCUT2D eigenvalue weighted by Crippen LogP contribution is 2.56.